The van der Waals surface area contributed by atoms with Crippen LogP contribution in [0.2, 0.25) is 0 Å². The minimum Gasteiger partial charge on any atom is -0.484 e. The lowest BCUT2D eigenvalue weighted by Crippen LogP contribution is -2.55. The number of thiophene rings is 1. The van der Waals surface area contributed by atoms with Crippen molar-refractivity contribution in [1.82, 2.24) is 5.32 Å². The molecule has 1 aliphatic rings. The van der Waals surface area contributed by atoms with Crippen LogP contribution in [0.5, 0.6) is 5.75 Å². The number of benzene rings is 1. The number of aryl methyl sites for hydroxylation is 1. The van der Waals surface area contributed by atoms with Crippen LogP contribution in [0.15, 0.2) is 24.3 Å². The quantitative estimate of drug-likeness (QED) is 0.720. The molecule has 156 valence electrons. The SMILES string of the molecule is COC(=O)c1c(NC(=O)COc2ccc(C)cc2)sc2c1CC(C)(C)NC2(C)C. The van der Waals surface area contributed by atoms with Crippen LogP contribution in [0.25, 0.3) is 0 Å². The van der Waals surface area contributed by atoms with Crippen molar-refractivity contribution in [1.29, 1.82) is 0 Å². The second-order valence-corrected chi connectivity index (χ2v) is 9.59. The number of fused-ring (bicyclic) bond motifs is 1. The Morgan fingerprint density at radius 1 is 1.17 bits per heavy atom. The molecule has 0 atom stereocenters. The molecule has 29 heavy (non-hydrogen) atoms. The summed E-state index contributed by atoms with van der Waals surface area (Å²) in [7, 11) is 1.36. The lowest BCUT2D eigenvalue weighted by Gasteiger charge is -2.42. The van der Waals surface area contributed by atoms with Gasteiger partial charge in [-0.1, -0.05) is 17.7 Å². The second kappa shape index (κ2) is 7.80. The monoisotopic (exact) mass is 416 g/mol. The van der Waals surface area contributed by atoms with Crippen LogP contribution in [0.1, 0.15) is 54.1 Å². The minimum atomic E-state index is -0.439. The van der Waals surface area contributed by atoms with Gasteiger partial charge in [-0.05, 0) is 58.7 Å². The van der Waals surface area contributed by atoms with Gasteiger partial charge in [0.25, 0.3) is 5.91 Å². The van der Waals surface area contributed by atoms with E-state index in [-0.39, 0.29) is 23.6 Å². The maximum atomic E-state index is 12.6. The lowest BCUT2D eigenvalue weighted by atomic mass is 9.81. The molecule has 1 amide bonds. The van der Waals surface area contributed by atoms with E-state index in [1.165, 1.54) is 18.4 Å². The number of carbonyl (C=O) groups excluding carboxylic acids is 2. The molecule has 1 aromatic heterocycles. The molecule has 0 unspecified atom stereocenters. The molecule has 7 heteroatoms. The number of rotatable bonds is 5. The Labute approximate surface area is 175 Å². The van der Waals surface area contributed by atoms with Gasteiger partial charge in [-0.25, -0.2) is 4.79 Å². The molecule has 6 nitrogen and oxygen atoms in total. The molecular weight excluding hydrogens is 388 g/mol. The first-order valence-electron chi connectivity index (χ1n) is 9.55. The summed E-state index contributed by atoms with van der Waals surface area (Å²) in [6.07, 6.45) is 0.669. The number of nitrogens with one attached hydrogen (secondary N) is 2. The summed E-state index contributed by atoms with van der Waals surface area (Å²) in [5, 5.41) is 6.97. The van der Waals surface area contributed by atoms with Crippen LogP contribution in [0, 0.1) is 6.92 Å². The van der Waals surface area contributed by atoms with E-state index in [1.807, 2.05) is 31.2 Å². The number of esters is 1. The van der Waals surface area contributed by atoms with E-state index in [4.69, 9.17) is 9.47 Å². The normalized spacial score (nSPS) is 16.6. The zero-order valence-corrected chi connectivity index (χ0v) is 18.6. The summed E-state index contributed by atoms with van der Waals surface area (Å²) in [5.41, 5.74) is 1.99. The molecule has 0 spiro atoms. The standard InChI is InChI=1S/C22H28N2O4S/c1-13-7-9-14(10-8-13)28-12-16(25)23-19-17(20(26)27-6)15-11-21(2,3)24-22(4,5)18(15)29-19/h7-10,24H,11-12H2,1-6H3,(H,23,25). The van der Waals surface area contributed by atoms with Gasteiger partial charge in [0.05, 0.1) is 12.7 Å². The third kappa shape index (κ3) is 4.62. The van der Waals surface area contributed by atoms with Gasteiger partial charge in [0.2, 0.25) is 0 Å². The van der Waals surface area contributed by atoms with Gasteiger partial charge in [0.15, 0.2) is 6.61 Å². The second-order valence-electron chi connectivity index (χ2n) is 8.57. The highest BCUT2D eigenvalue weighted by Crippen LogP contribution is 2.45. The van der Waals surface area contributed by atoms with E-state index >= 15 is 0 Å². The van der Waals surface area contributed by atoms with Crippen LogP contribution in [-0.2, 0) is 21.5 Å². The fourth-order valence-corrected chi connectivity index (χ4v) is 5.16. The Morgan fingerprint density at radius 2 is 1.83 bits per heavy atom. The number of amides is 1. The van der Waals surface area contributed by atoms with Crippen molar-refractivity contribution in [2.75, 3.05) is 19.0 Å². The molecule has 0 aliphatic carbocycles. The third-order valence-corrected chi connectivity index (χ3v) is 6.35. The van der Waals surface area contributed by atoms with E-state index in [0.29, 0.717) is 22.7 Å². The molecule has 2 heterocycles. The van der Waals surface area contributed by atoms with Crippen molar-refractivity contribution in [3.63, 3.8) is 0 Å². The van der Waals surface area contributed by atoms with Crippen molar-refractivity contribution in [2.45, 2.75) is 52.1 Å². The van der Waals surface area contributed by atoms with Crippen LogP contribution in [0.3, 0.4) is 0 Å². The molecule has 1 aromatic carbocycles. The molecule has 0 radical (unpaired) electrons. The van der Waals surface area contributed by atoms with Gasteiger partial charge in [0, 0.05) is 16.0 Å². The molecule has 1 aliphatic heterocycles. The maximum absolute atomic E-state index is 12.6. The van der Waals surface area contributed by atoms with Crippen LogP contribution >= 0.6 is 11.3 Å². The number of carbonyl (C=O) groups is 2. The molecule has 0 saturated heterocycles. The number of hydrogen-bond acceptors (Lipinski definition) is 6. The average molecular weight is 417 g/mol. The summed E-state index contributed by atoms with van der Waals surface area (Å²) in [6.45, 7) is 10.2. The number of hydrogen-bond donors (Lipinski definition) is 2. The van der Waals surface area contributed by atoms with Gasteiger partial charge < -0.3 is 20.1 Å². The smallest absolute Gasteiger partial charge is 0.341 e. The zero-order valence-electron chi connectivity index (χ0n) is 17.8. The highest BCUT2D eigenvalue weighted by Gasteiger charge is 2.42. The fraction of sp³-hybridized carbons (Fsp3) is 0.455. The van der Waals surface area contributed by atoms with Crippen LogP contribution in [-0.4, -0.2) is 31.1 Å². The lowest BCUT2D eigenvalue weighted by molar-refractivity contribution is -0.118. The maximum Gasteiger partial charge on any atom is 0.341 e. The predicted molar refractivity (Wildman–Crippen MR) is 115 cm³/mol. The van der Waals surface area contributed by atoms with Crippen molar-refractivity contribution in [3.05, 3.63) is 45.8 Å². The number of ether oxygens (including phenoxy) is 2. The number of anilines is 1. The van der Waals surface area contributed by atoms with E-state index < -0.39 is 5.97 Å². The predicted octanol–water partition coefficient (Wildman–Crippen LogP) is 4.02. The summed E-state index contributed by atoms with van der Waals surface area (Å²) in [5.74, 6) is -0.137. The highest BCUT2D eigenvalue weighted by molar-refractivity contribution is 7.17. The van der Waals surface area contributed by atoms with Crippen molar-refractivity contribution >= 4 is 28.2 Å². The Kier molecular flexibility index (Phi) is 5.74. The Morgan fingerprint density at radius 3 is 2.45 bits per heavy atom. The van der Waals surface area contributed by atoms with E-state index in [9.17, 15) is 9.59 Å². The topological polar surface area (TPSA) is 76.7 Å². The van der Waals surface area contributed by atoms with E-state index in [0.717, 1.165) is 16.0 Å². The number of methoxy groups -OCH3 is 1. The summed E-state index contributed by atoms with van der Waals surface area (Å²) >= 11 is 1.41. The molecule has 2 aromatic rings. The average Bonchev–Trinajstić information content (AvgIpc) is 2.97. The minimum absolute atomic E-state index is 0.140. The van der Waals surface area contributed by atoms with Gasteiger partial charge >= 0.3 is 5.97 Å². The summed E-state index contributed by atoms with van der Waals surface area (Å²) in [4.78, 5) is 26.1. The highest BCUT2D eigenvalue weighted by atomic mass is 32.1. The zero-order chi connectivity index (χ0) is 21.4. The van der Waals surface area contributed by atoms with Gasteiger partial charge in [-0.2, -0.15) is 0 Å². The first-order chi connectivity index (χ1) is 13.5. The molecule has 3 rings (SSSR count). The Bertz CT molecular complexity index is 929. The summed E-state index contributed by atoms with van der Waals surface area (Å²) < 4.78 is 10.6. The Balaban J connectivity index is 1.85. The van der Waals surface area contributed by atoms with Crippen molar-refractivity contribution in [2.24, 2.45) is 0 Å². The molecular formula is C22H28N2O4S. The van der Waals surface area contributed by atoms with Crippen LogP contribution < -0.4 is 15.4 Å². The van der Waals surface area contributed by atoms with E-state index in [1.54, 1.807) is 0 Å². The van der Waals surface area contributed by atoms with Crippen molar-refractivity contribution in [3.8, 4) is 5.75 Å². The van der Waals surface area contributed by atoms with Gasteiger partial charge in [-0.15, -0.1) is 11.3 Å². The van der Waals surface area contributed by atoms with E-state index in [2.05, 4.69) is 38.3 Å². The van der Waals surface area contributed by atoms with Gasteiger partial charge in [-0.3, -0.25) is 4.79 Å². The Hall–Kier alpha value is -2.38. The summed E-state index contributed by atoms with van der Waals surface area (Å²) in [6, 6.07) is 7.49. The largest absolute Gasteiger partial charge is 0.484 e. The molecule has 2 N–H and O–H groups in total. The van der Waals surface area contributed by atoms with Crippen molar-refractivity contribution < 1.29 is 19.1 Å². The first kappa shape index (κ1) is 21.3. The third-order valence-electron chi connectivity index (χ3n) is 4.88. The van der Waals surface area contributed by atoms with Crippen LogP contribution in [0.4, 0.5) is 5.00 Å². The molecule has 0 saturated carbocycles. The fourth-order valence-electron chi connectivity index (χ4n) is 3.88. The first-order valence-corrected chi connectivity index (χ1v) is 10.4. The molecule has 0 bridgehead atoms. The van der Waals surface area contributed by atoms with Gasteiger partial charge in [0.1, 0.15) is 10.8 Å². The molecule has 0 fully saturated rings.